The predicted octanol–water partition coefficient (Wildman–Crippen LogP) is 1.85. The van der Waals surface area contributed by atoms with Crippen LogP contribution in [0.2, 0.25) is 0 Å². The maximum Gasteiger partial charge on any atom is 0.175 e. The molecular formula is C15H19NO4S. The molecule has 0 aliphatic carbocycles. The van der Waals surface area contributed by atoms with E-state index in [2.05, 4.69) is 0 Å². The zero-order chi connectivity index (χ0) is 15.5. The van der Waals surface area contributed by atoms with Gasteiger partial charge in [-0.15, -0.1) is 0 Å². The van der Waals surface area contributed by atoms with Crippen molar-refractivity contribution in [1.29, 1.82) is 0 Å². The van der Waals surface area contributed by atoms with E-state index in [1.165, 1.54) is 12.1 Å². The number of aliphatic hydroxyl groups excluding tert-OH is 1. The van der Waals surface area contributed by atoms with E-state index in [4.69, 9.17) is 4.42 Å². The summed E-state index contributed by atoms with van der Waals surface area (Å²) in [4.78, 5) is 2.19. The van der Waals surface area contributed by atoms with Crippen LogP contribution < -0.4 is 0 Å². The Morgan fingerprint density at radius 2 is 1.90 bits per heavy atom. The van der Waals surface area contributed by atoms with Crippen molar-refractivity contribution in [3.63, 3.8) is 0 Å². The average Bonchev–Trinajstić information content (AvgIpc) is 2.90. The van der Waals surface area contributed by atoms with Crippen molar-refractivity contribution in [3.05, 3.63) is 54.0 Å². The lowest BCUT2D eigenvalue weighted by molar-refractivity contribution is 0.120. The summed E-state index contributed by atoms with van der Waals surface area (Å²) in [5.74, 6) is 0.831. The lowest BCUT2D eigenvalue weighted by Crippen LogP contribution is -2.24. The molecule has 0 fully saturated rings. The number of sulfone groups is 1. The summed E-state index contributed by atoms with van der Waals surface area (Å²) in [7, 11) is -1.32. The van der Waals surface area contributed by atoms with Gasteiger partial charge in [0.05, 0.1) is 23.8 Å². The normalized spacial score (nSPS) is 13.5. The van der Waals surface area contributed by atoms with Crippen molar-refractivity contribution < 1.29 is 17.9 Å². The number of furan rings is 1. The lowest BCUT2D eigenvalue weighted by Gasteiger charge is -2.20. The Balaban J connectivity index is 1.98. The number of hydrogen-bond donors (Lipinski definition) is 1. The van der Waals surface area contributed by atoms with Crippen LogP contribution in [0.3, 0.4) is 0 Å². The second-order valence-corrected chi connectivity index (χ2v) is 7.15. The van der Waals surface area contributed by atoms with E-state index in [-0.39, 0.29) is 4.90 Å². The Labute approximate surface area is 124 Å². The van der Waals surface area contributed by atoms with Gasteiger partial charge in [0.1, 0.15) is 5.76 Å². The van der Waals surface area contributed by atoms with Crippen LogP contribution in [0.5, 0.6) is 0 Å². The van der Waals surface area contributed by atoms with Crippen LogP contribution in [0.15, 0.2) is 52.0 Å². The predicted molar refractivity (Wildman–Crippen MR) is 79.6 cm³/mol. The van der Waals surface area contributed by atoms with E-state index in [1.54, 1.807) is 18.4 Å². The van der Waals surface area contributed by atoms with Crippen molar-refractivity contribution in [3.8, 4) is 0 Å². The summed E-state index contributed by atoms with van der Waals surface area (Å²) in [6, 6.07) is 10.0. The number of benzene rings is 1. The van der Waals surface area contributed by atoms with Gasteiger partial charge in [0.15, 0.2) is 9.84 Å². The Morgan fingerprint density at radius 1 is 1.24 bits per heavy atom. The Hall–Kier alpha value is -1.63. The van der Waals surface area contributed by atoms with Crippen LogP contribution in [-0.2, 0) is 16.4 Å². The largest absolute Gasteiger partial charge is 0.468 e. The number of rotatable bonds is 6. The van der Waals surface area contributed by atoms with Gasteiger partial charge in [-0.1, -0.05) is 12.1 Å². The molecule has 1 atom stereocenters. The fraction of sp³-hybridized carbons (Fsp3) is 0.333. The first-order valence-electron chi connectivity index (χ1n) is 6.55. The van der Waals surface area contributed by atoms with Crippen molar-refractivity contribution >= 4 is 9.84 Å². The molecular weight excluding hydrogens is 290 g/mol. The lowest BCUT2D eigenvalue weighted by atomic mass is 10.1. The summed E-state index contributed by atoms with van der Waals surface area (Å²) in [5, 5.41) is 10.2. The minimum Gasteiger partial charge on any atom is -0.468 e. The summed E-state index contributed by atoms with van der Waals surface area (Å²) in [5.41, 5.74) is 0.689. The van der Waals surface area contributed by atoms with Gasteiger partial charge in [0.25, 0.3) is 0 Å². The van der Waals surface area contributed by atoms with Gasteiger partial charge in [-0.25, -0.2) is 8.42 Å². The highest BCUT2D eigenvalue weighted by atomic mass is 32.2. The van der Waals surface area contributed by atoms with Crippen LogP contribution in [-0.4, -0.2) is 38.3 Å². The molecule has 0 aliphatic heterocycles. The number of hydrogen-bond acceptors (Lipinski definition) is 5. The first-order chi connectivity index (χ1) is 9.86. The zero-order valence-corrected chi connectivity index (χ0v) is 12.9. The van der Waals surface area contributed by atoms with E-state index in [9.17, 15) is 13.5 Å². The molecule has 2 rings (SSSR count). The molecule has 0 amide bonds. The Kier molecular flexibility index (Phi) is 4.82. The molecule has 1 heterocycles. The van der Waals surface area contributed by atoms with Crippen LogP contribution >= 0.6 is 0 Å². The molecule has 6 heteroatoms. The zero-order valence-electron chi connectivity index (χ0n) is 12.1. The third-order valence-corrected chi connectivity index (χ3v) is 4.31. The summed E-state index contributed by atoms with van der Waals surface area (Å²) in [6.45, 7) is 1.03. The van der Waals surface area contributed by atoms with E-state index < -0.39 is 15.9 Å². The second kappa shape index (κ2) is 6.43. The van der Waals surface area contributed by atoms with Gasteiger partial charge < -0.3 is 9.52 Å². The minimum absolute atomic E-state index is 0.252. The quantitative estimate of drug-likeness (QED) is 0.882. The van der Waals surface area contributed by atoms with Crippen LogP contribution in [0.25, 0.3) is 0 Å². The highest BCUT2D eigenvalue weighted by molar-refractivity contribution is 7.90. The highest BCUT2D eigenvalue weighted by Crippen LogP contribution is 2.18. The Morgan fingerprint density at radius 3 is 2.43 bits per heavy atom. The van der Waals surface area contributed by atoms with Crippen molar-refractivity contribution in [2.45, 2.75) is 17.5 Å². The molecule has 21 heavy (non-hydrogen) atoms. The number of aliphatic hydroxyl groups is 1. The number of likely N-dealkylation sites (N-methyl/N-ethyl adjacent to an activating group) is 1. The molecule has 0 unspecified atom stereocenters. The van der Waals surface area contributed by atoms with Gasteiger partial charge >= 0.3 is 0 Å². The fourth-order valence-electron chi connectivity index (χ4n) is 2.07. The maximum absolute atomic E-state index is 11.4. The molecule has 0 saturated carbocycles. The third-order valence-electron chi connectivity index (χ3n) is 3.18. The third kappa shape index (κ3) is 4.42. The molecule has 0 aliphatic rings. The van der Waals surface area contributed by atoms with E-state index >= 15 is 0 Å². The van der Waals surface area contributed by atoms with Crippen molar-refractivity contribution in [2.24, 2.45) is 0 Å². The first kappa shape index (κ1) is 15.8. The van der Waals surface area contributed by atoms with Crippen LogP contribution in [0.4, 0.5) is 0 Å². The van der Waals surface area contributed by atoms with Gasteiger partial charge in [0.2, 0.25) is 0 Å². The van der Waals surface area contributed by atoms with Crippen molar-refractivity contribution in [2.75, 3.05) is 19.8 Å². The minimum atomic E-state index is -3.21. The standard InChI is InChI=1S/C15H19NO4S/c1-16(10-13-4-3-9-20-13)11-15(17)12-5-7-14(8-6-12)21(2,18)19/h3-9,15,17H,10-11H2,1-2H3/t15-/m0/s1. The molecule has 0 spiro atoms. The van der Waals surface area contributed by atoms with Gasteiger partial charge in [-0.05, 0) is 36.9 Å². The molecule has 0 saturated heterocycles. The van der Waals surface area contributed by atoms with E-state index in [0.717, 1.165) is 12.0 Å². The molecule has 114 valence electrons. The Bertz CT molecular complexity index is 662. The highest BCUT2D eigenvalue weighted by Gasteiger charge is 2.13. The summed E-state index contributed by atoms with van der Waals surface area (Å²) < 4.78 is 28.0. The van der Waals surface area contributed by atoms with Crippen LogP contribution in [0, 0.1) is 0 Å². The molecule has 1 aromatic carbocycles. The average molecular weight is 309 g/mol. The van der Waals surface area contributed by atoms with Gasteiger partial charge in [-0.3, -0.25) is 4.90 Å². The molecule has 5 nitrogen and oxygen atoms in total. The van der Waals surface area contributed by atoms with Crippen molar-refractivity contribution in [1.82, 2.24) is 4.90 Å². The fourth-order valence-corrected chi connectivity index (χ4v) is 2.70. The second-order valence-electron chi connectivity index (χ2n) is 5.13. The molecule has 0 radical (unpaired) electrons. The molecule has 2 aromatic rings. The molecule has 0 bridgehead atoms. The summed E-state index contributed by atoms with van der Waals surface area (Å²) in [6.07, 6.45) is 2.09. The number of nitrogens with zero attached hydrogens (tertiary/aromatic N) is 1. The smallest absolute Gasteiger partial charge is 0.175 e. The monoisotopic (exact) mass is 309 g/mol. The van der Waals surface area contributed by atoms with E-state index in [0.29, 0.717) is 18.7 Å². The van der Waals surface area contributed by atoms with Crippen LogP contribution in [0.1, 0.15) is 17.4 Å². The first-order valence-corrected chi connectivity index (χ1v) is 8.44. The topological polar surface area (TPSA) is 70.8 Å². The summed E-state index contributed by atoms with van der Waals surface area (Å²) >= 11 is 0. The van der Waals surface area contributed by atoms with E-state index in [1.807, 2.05) is 24.1 Å². The molecule has 1 aromatic heterocycles. The van der Waals surface area contributed by atoms with Gasteiger partial charge in [0, 0.05) is 12.8 Å². The maximum atomic E-state index is 11.4. The van der Waals surface area contributed by atoms with Gasteiger partial charge in [-0.2, -0.15) is 0 Å². The SMILES string of the molecule is CN(Cc1ccco1)C[C@H](O)c1ccc(S(C)(=O)=O)cc1. The molecule has 1 N–H and O–H groups in total.